The average Bonchev–Trinajstić information content (AvgIpc) is 2.61. The second-order valence-corrected chi connectivity index (χ2v) is 4.72. The number of urea groups is 1. The summed E-state index contributed by atoms with van der Waals surface area (Å²) >= 11 is 0. The van der Waals surface area contributed by atoms with Crippen LogP contribution in [-0.4, -0.2) is 27.4 Å². The van der Waals surface area contributed by atoms with Gasteiger partial charge in [0.05, 0.1) is 32.7 Å². The van der Waals surface area contributed by atoms with Crippen molar-refractivity contribution in [3.05, 3.63) is 41.7 Å². The van der Waals surface area contributed by atoms with Gasteiger partial charge in [-0.15, -0.1) is 0 Å². The summed E-state index contributed by atoms with van der Waals surface area (Å²) in [6.45, 7) is 0. The zero-order valence-electron chi connectivity index (χ0n) is 13.6. The Morgan fingerprint density at radius 2 is 1.48 bits per heavy atom. The Morgan fingerprint density at radius 1 is 0.880 bits per heavy atom. The van der Waals surface area contributed by atoms with Crippen molar-refractivity contribution in [3.8, 4) is 17.2 Å². The molecule has 0 aromatic heterocycles. The molecule has 0 aliphatic carbocycles. The minimum absolute atomic E-state index is 0.245. The lowest BCUT2D eigenvalue weighted by Crippen LogP contribution is -2.20. The van der Waals surface area contributed by atoms with Crippen LogP contribution in [0.2, 0.25) is 0 Å². The van der Waals surface area contributed by atoms with Crippen LogP contribution >= 0.6 is 0 Å². The fourth-order valence-corrected chi connectivity index (χ4v) is 2.06. The number of hydrogen-bond donors (Lipinski definition) is 2. The molecule has 0 bridgehead atoms. The van der Waals surface area contributed by atoms with Crippen LogP contribution in [0.15, 0.2) is 24.3 Å². The number of ether oxygens (including phenoxy) is 3. The van der Waals surface area contributed by atoms with Crippen LogP contribution in [0.1, 0.15) is 0 Å². The van der Waals surface area contributed by atoms with Crippen LogP contribution < -0.4 is 24.8 Å². The molecule has 25 heavy (non-hydrogen) atoms. The minimum atomic E-state index is -1.68. The van der Waals surface area contributed by atoms with Crippen molar-refractivity contribution in [1.82, 2.24) is 0 Å². The van der Waals surface area contributed by atoms with Crippen LogP contribution in [0, 0.1) is 17.5 Å². The SMILES string of the molecule is COc1cc(NC(=O)Nc2ccc(F)c(F)c2F)cc(OC)c1OC. The van der Waals surface area contributed by atoms with Gasteiger partial charge in [0.25, 0.3) is 0 Å². The van der Waals surface area contributed by atoms with Gasteiger partial charge in [0, 0.05) is 12.1 Å². The summed E-state index contributed by atoms with van der Waals surface area (Å²) in [7, 11) is 4.22. The standard InChI is InChI=1S/C16H15F3N2O4/c1-23-11-6-8(7-12(24-2)15(11)25-3)20-16(22)21-10-5-4-9(17)13(18)14(10)19/h4-7H,1-3H3,(H2,20,21,22). The van der Waals surface area contributed by atoms with E-state index in [1.165, 1.54) is 33.5 Å². The molecule has 9 heteroatoms. The lowest BCUT2D eigenvalue weighted by atomic mass is 10.2. The van der Waals surface area contributed by atoms with Gasteiger partial charge in [-0.3, -0.25) is 0 Å². The maximum absolute atomic E-state index is 13.6. The Morgan fingerprint density at radius 3 is 2.00 bits per heavy atom. The Hall–Kier alpha value is -3.10. The number of carbonyl (C=O) groups excluding carboxylic acids is 1. The quantitative estimate of drug-likeness (QED) is 0.800. The Labute approximate surface area is 141 Å². The molecular formula is C16H15F3N2O4. The molecule has 0 unspecified atom stereocenters. The number of anilines is 2. The molecule has 134 valence electrons. The van der Waals surface area contributed by atoms with Crippen molar-refractivity contribution in [1.29, 1.82) is 0 Å². The van der Waals surface area contributed by atoms with E-state index < -0.39 is 29.2 Å². The predicted octanol–water partition coefficient (Wildman–Crippen LogP) is 3.77. The maximum Gasteiger partial charge on any atom is 0.323 e. The third-order valence-electron chi connectivity index (χ3n) is 3.21. The van der Waals surface area contributed by atoms with Crippen molar-refractivity contribution in [2.45, 2.75) is 0 Å². The first-order valence-corrected chi connectivity index (χ1v) is 6.92. The monoisotopic (exact) mass is 356 g/mol. The molecule has 0 aliphatic heterocycles. The molecule has 2 aromatic rings. The lowest BCUT2D eigenvalue weighted by Gasteiger charge is -2.15. The van der Waals surface area contributed by atoms with Crippen molar-refractivity contribution in [2.75, 3.05) is 32.0 Å². The number of carbonyl (C=O) groups is 1. The molecule has 0 radical (unpaired) electrons. The zero-order chi connectivity index (χ0) is 18.6. The summed E-state index contributed by atoms with van der Waals surface area (Å²) in [4.78, 5) is 12.0. The Bertz CT molecular complexity index is 774. The van der Waals surface area contributed by atoms with Crippen molar-refractivity contribution >= 4 is 17.4 Å². The van der Waals surface area contributed by atoms with E-state index in [4.69, 9.17) is 14.2 Å². The molecule has 2 aromatic carbocycles. The van der Waals surface area contributed by atoms with Gasteiger partial charge >= 0.3 is 6.03 Å². The van der Waals surface area contributed by atoms with E-state index in [1.54, 1.807) is 0 Å². The molecule has 0 saturated heterocycles. The van der Waals surface area contributed by atoms with Crippen molar-refractivity contribution in [3.63, 3.8) is 0 Å². The molecule has 6 nitrogen and oxygen atoms in total. The first-order valence-electron chi connectivity index (χ1n) is 6.92. The number of nitrogens with one attached hydrogen (secondary N) is 2. The van der Waals surface area contributed by atoms with E-state index in [1.807, 2.05) is 0 Å². The molecule has 0 spiro atoms. The highest BCUT2D eigenvalue weighted by atomic mass is 19.2. The molecule has 0 heterocycles. The van der Waals surface area contributed by atoms with E-state index in [0.29, 0.717) is 11.8 Å². The van der Waals surface area contributed by atoms with Crippen molar-refractivity contribution in [2.24, 2.45) is 0 Å². The fraction of sp³-hybridized carbons (Fsp3) is 0.188. The number of benzene rings is 2. The van der Waals surface area contributed by atoms with Crippen molar-refractivity contribution < 1.29 is 32.2 Å². The number of hydrogen-bond acceptors (Lipinski definition) is 4. The summed E-state index contributed by atoms with van der Waals surface area (Å²) in [5.41, 5.74) is -0.265. The molecule has 0 saturated carbocycles. The number of halogens is 3. The van der Waals surface area contributed by atoms with Gasteiger partial charge in [-0.05, 0) is 12.1 Å². The molecule has 2 rings (SSSR count). The summed E-state index contributed by atoms with van der Waals surface area (Å²) in [5.74, 6) is -3.63. The first-order chi connectivity index (χ1) is 11.9. The second kappa shape index (κ2) is 7.65. The number of methoxy groups -OCH3 is 3. The zero-order valence-corrected chi connectivity index (χ0v) is 13.6. The Kier molecular flexibility index (Phi) is 5.58. The molecule has 2 N–H and O–H groups in total. The van der Waals surface area contributed by atoms with Gasteiger partial charge in [-0.2, -0.15) is 0 Å². The van der Waals surface area contributed by atoms with Crippen LogP contribution in [0.5, 0.6) is 17.2 Å². The van der Waals surface area contributed by atoms with Crippen LogP contribution in [0.3, 0.4) is 0 Å². The molecule has 0 atom stereocenters. The maximum atomic E-state index is 13.6. The van der Waals surface area contributed by atoms with E-state index in [0.717, 1.165) is 6.07 Å². The predicted molar refractivity (Wildman–Crippen MR) is 85.1 cm³/mol. The third-order valence-corrected chi connectivity index (χ3v) is 3.21. The summed E-state index contributed by atoms with van der Waals surface area (Å²) < 4.78 is 55.1. The topological polar surface area (TPSA) is 68.8 Å². The van der Waals surface area contributed by atoms with Gasteiger partial charge in [0.15, 0.2) is 29.0 Å². The highest BCUT2D eigenvalue weighted by Gasteiger charge is 2.17. The van der Waals surface area contributed by atoms with Gasteiger partial charge < -0.3 is 24.8 Å². The van der Waals surface area contributed by atoms with Crippen LogP contribution in [-0.2, 0) is 0 Å². The first kappa shape index (κ1) is 18.2. The average molecular weight is 356 g/mol. The second-order valence-electron chi connectivity index (χ2n) is 4.72. The smallest absolute Gasteiger partial charge is 0.323 e. The van der Waals surface area contributed by atoms with Crippen LogP contribution in [0.25, 0.3) is 0 Å². The van der Waals surface area contributed by atoms with E-state index in [2.05, 4.69) is 10.6 Å². The van der Waals surface area contributed by atoms with Crippen LogP contribution in [0.4, 0.5) is 29.3 Å². The third kappa shape index (κ3) is 3.87. The molecule has 0 aliphatic rings. The highest BCUT2D eigenvalue weighted by molar-refractivity contribution is 6.00. The van der Waals surface area contributed by atoms with Gasteiger partial charge in [0.2, 0.25) is 5.75 Å². The summed E-state index contributed by atoms with van der Waals surface area (Å²) in [5, 5.41) is 4.49. The summed E-state index contributed by atoms with van der Waals surface area (Å²) in [6.07, 6.45) is 0. The van der Waals surface area contributed by atoms with E-state index >= 15 is 0 Å². The van der Waals surface area contributed by atoms with E-state index in [9.17, 15) is 18.0 Å². The lowest BCUT2D eigenvalue weighted by molar-refractivity contribution is 0.262. The van der Waals surface area contributed by atoms with Gasteiger partial charge in [-0.25, -0.2) is 18.0 Å². The fourth-order valence-electron chi connectivity index (χ4n) is 2.06. The number of rotatable bonds is 5. The summed E-state index contributed by atoms with van der Waals surface area (Å²) in [6, 6.07) is 3.63. The minimum Gasteiger partial charge on any atom is -0.493 e. The normalized spacial score (nSPS) is 10.2. The largest absolute Gasteiger partial charge is 0.493 e. The van der Waals surface area contributed by atoms with E-state index in [-0.39, 0.29) is 17.2 Å². The highest BCUT2D eigenvalue weighted by Crippen LogP contribution is 2.39. The molecule has 0 fully saturated rings. The van der Waals surface area contributed by atoms with Gasteiger partial charge in [-0.1, -0.05) is 0 Å². The molecular weight excluding hydrogens is 341 g/mol. The number of amides is 2. The Balaban J connectivity index is 2.22. The molecule has 2 amide bonds. The van der Waals surface area contributed by atoms with Gasteiger partial charge in [0.1, 0.15) is 0 Å².